The fraction of sp³-hybridized carbons (Fsp3) is 0.312. The molecule has 126 valence electrons. The van der Waals surface area contributed by atoms with Gasteiger partial charge in [0.25, 0.3) is 5.56 Å². The first kappa shape index (κ1) is 16.4. The molecule has 1 N–H and O–H groups in total. The number of rotatable bonds is 5. The third-order valence-corrected chi connectivity index (χ3v) is 4.83. The van der Waals surface area contributed by atoms with Crippen LogP contribution in [-0.4, -0.2) is 35.4 Å². The molecule has 0 spiro atoms. The van der Waals surface area contributed by atoms with Crippen LogP contribution in [0.2, 0.25) is 0 Å². The zero-order valence-corrected chi connectivity index (χ0v) is 14.1. The molecule has 24 heavy (non-hydrogen) atoms. The van der Waals surface area contributed by atoms with Crippen molar-refractivity contribution in [3.63, 3.8) is 0 Å². The fourth-order valence-corrected chi connectivity index (χ4v) is 3.68. The van der Waals surface area contributed by atoms with Crippen LogP contribution < -0.4 is 20.3 Å². The summed E-state index contributed by atoms with van der Waals surface area (Å²) in [6.45, 7) is 0. The highest BCUT2D eigenvalue weighted by atomic mass is 32.2. The van der Waals surface area contributed by atoms with Gasteiger partial charge in [0.15, 0.2) is 5.16 Å². The van der Waals surface area contributed by atoms with Crippen molar-refractivity contribution in [2.75, 3.05) is 25.3 Å². The van der Waals surface area contributed by atoms with Crippen molar-refractivity contribution >= 4 is 23.4 Å². The van der Waals surface area contributed by atoms with Crippen LogP contribution in [0.5, 0.6) is 11.5 Å². The van der Waals surface area contributed by atoms with E-state index < -0.39 is 0 Å². The highest BCUT2D eigenvalue weighted by molar-refractivity contribution is 7.99. The van der Waals surface area contributed by atoms with E-state index >= 15 is 0 Å². The first-order valence-corrected chi connectivity index (χ1v) is 8.33. The molecule has 0 fully saturated rings. The van der Waals surface area contributed by atoms with Gasteiger partial charge in [0.05, 0.1) is 25.9 Å². The number of hydrogen-bond donors (Lipinski definition) is 1. The Bertz CT molecular complexity index is 821. The lowest BCUT2D eigenvalue weighted by atomic mass is 10.2. The third kappa shape index (κ3) is 3.23. The molecular weight excluding hydrogens is 330 g/mol. The number of carbonyl (C=O) groups excluding carboxylic acids is 1. The minimum atomic E-state index is -0.199. The Morgan fingerprint density at radius 3 is 2.96 bits per heavy atom. The van der Waals surface area contributed by atoms with Gasteiger partial charge in [0.1, 0.15) is 11.5 Å². The zero-order valence-electron chi connectivity index (χ0n) is 13.3. The van der Waals surface area contributed by atoms with Gasteiger partial charge >= 0.3 is 0 Å². The van der Waals surface area contributed by atoms with Gasteiger partial charge in [-0.25, -0.2) is 4.98 Å². The summed E-state index contributed by atoms with van der Waals surface area (Å²) in [5, 5.41) is 3.48. The highest BCUT2D eigenvalue weighted by Crippen LogP contribution is 2.33. The van der Waals surface area contributed by atoms with Gasteiger partial charge in [-0.05, 0) is 12.1 Å². The highest BCUT2D eigenvalue weighted by Gasteiger charge is 2.27. The number of aromatic nitrogens is 2. The molecule has 1 atom stereocenters. The number of fused-ring (bicyclic) bond motifs is 1. The molecule has 0 radical (unpaired) electrons. The average molecular weight is 347 g/mol. The van der Waals surface area contributed by atoms with Gasteiger partial charge in [0, 0.05) is 30.5 Å². The second kappa shape index (κ2) is 6.96. The number of hydrogen-bond acceptors (Lipinski definition) is 6. The standard InChI is InChI=1S/C16H17N3O4S/c1-22-11-3-4-12(13(8-11)23-2)18-14(20)7-10-9-24-16-17-6-5-15(21)19(10)16/h3-6,8,10H,7,9H2,1-2H3,(H,18,20). The molecule has 1 aliphatic rings. The van der Waals surface area contributed by atoms with E-state index in [9.17, 15) is 9.59 Å². The summed E-state index contributed by atoms with van der Waals surface area (Å²) in [5.41, 5.74) is 0.428. The predicted octanol–water partition coefficient (Wildman–Crippen LogP) is 1.94. The Kier molecular flexibility index (Phi) is 4.75. The number of methoxy groups -OCH3 is 2. The average Bonchev–Trinajstić information content (AvgIpc) is 2.99. The molecule has 0 aliphatic carbocycles. The molecule has 1 unspecified atom stereocenters. The summed E-state index contributed by atoms with van der Waals surface area (Å²) in [6, 6.07) is 6.38. The molecule has 0 bridgehead atoms. The summed E-state index contributed by atoms with van der Waals surface area (Å²) in [4.78, 5) is 28.5. The number of thioether (sulfide) groups is 1. The van der Waals surface area contributed by atoms with Crippen molar-refractivity contribution in [1.82, 2.24) is 9.55 Å². The molecule has 8 heteroatoms. The van der Waals surface area contributed by atoms with Crippen LogP contribution in [0.25, 0.3) is 0 Å². The van der Waals surface area contributed by atoms with Crippen LogP contribution in [0.4, 0.5) is 5.69 Å². The maximum absolute atomic E-state index is 12.4. The van der Waals surface area contributed by atoms with Gasteiger partial charge in [-0.15, -0.1) is 0 Å². The van der Waals surface area contributed by atoms with Crippen LogP contribution in [0.3, 0.4) is 0 Å². The van der Waals surface area contributed by atoms with E-state index in [0.29, 0.717) is 28.1 Å². The molecule has 2 aromatic rings. The number of nitrogens with zero attached hydrogens (tertiary/aromatic N) is 2. The number of anilines is 1. The predicted molar refractivity (Wildman–Crippen MR) is 91.1 cm³/mol. The summed E-state index contributed by atoms with van der Waals surface area (Å²) < 4.78 is 12.0. The number of ether oxygens (including phenoxy) is 2. The monoisotopic (exact) mass is 347 g/mol. The van der Waals surface area contributed by atoms with E-state index in [4.69, 9.17) is 9.47 Å². The Morgan fingerprint density at radius 1 is 1.38 bits per heavy atom. The summed E-state index contributed by atoms with van der Waals surface area (Å²) >= 11 is 1.48. The maximum Gasteiger partial charge on any atom is 0.254 e. The normalized spacial score (nSPS) is 15.7. The molecule has 2 heterocycles. The Hall–Kier alpha value is -2.48. The number of carbonyl (C=O) groups is 1. The van der Waals surface area contributed by atoms with Crippen molar-refractivity contribution in [3.8, 4) is 11.5 Å². The second-order valence-electron chi connectivity index (χ2n) is 5.22. The Balaban J connectivity index is 1.73. The Morgan fingerprint density at radius 2 is 2.21 bits per heavy atom. The zero-order chi connectivity index (χ0) is 17.1. The SMILES string of the molecule is COc1ccc(NC(=O)CC2CSc3nccc(=O)n32)c(OC)c1. The topological polar surface area (TPSA) is 82.5 Å². The van der Waals surface area contributed by atoms with Crippen molar-refractivity contribution < 1.29 is 14.3 Å². The van der Waals surface area contributed by atoms with Crippen molar-refractivity contribution in [3.05, 3.63) is 40.8 Å². The maximum atomic E-state index is 12.4. The minimum absolute atomic E-state index is 0.134. The molecule has 1 aromatic heterocycles. The molecule has 1 aliphatic heterocycles. The first-order chi connectivity index (χ1) is 11.6. The molecule has 0 saturated heterocycles. The number of nitrogens with one attached hydrogen (secondary N) is 1. The van der Waals surface area contributed by atoms with E-state index in [0.717, 1.165) is 0 Å². The van der Waals surface area contributed by atoms with Gasteiger partial charge < -0.3 is 14.8 Å². The minimum Gasteiger partial charge on any atom is -0.497 e. The second-order valence-corrected chi connectivity index (χ2v) is 6.21. The van der Waals surface area contributed by atoms with Gasteiger partial charge in [-0.2, -0.15) is 0 Å². The van der Waals surface area contributed by atoms with Crippen LogP contribution >= 0.6 is 11.8 Å². The van der Waals surface area contributed by atoms with Gasteiger partial charge in [0.2, 0.25) is 5.91 Å². The van der Waals surface area contributed by atoms with E-state index in [-0.39, 0.29) is 23.9 Å². The summed E-state index contributed by atoms with van der Waals surface area (Å²) in [5.74, 6) is 1.62. The first-order valence-electron chi connectivity index (χ1n) is 7.34. The quantitative estimate of drug-likeness (QED) is 0.833. The van der Waals surface area contributed by atoms with Crippen molar-refractivity contribution in [2.45, 2.75) is 17.6 Å². The molecule has 1 aromatic carbocycles. The van der Waals surface area contributed by atoms with Crippen molar-refractivity contribution in [1.29, 1.82) is 0 Å². The lowest BCUT2D eigenvalue weighted by Crippen LogP contribution is -2.26. The third-order valence-electron chi connectivity index (χ3n) is 3.72. The van der Waals surface area contributed by atoms with E-state index in [1.54, 1.807) is 29.9 Å². The molecule has 1 amide bonds. The number of amides is 1. The van der Waals surface area contributed by atoms with Crippen molar-refractivity contribution in [2.24, 2.45) is 0 Å². The molecule has 7 nitrogen and oxygen atoms in total. The van der Waals surface area contributed by atoms with E-state index in [2.05, 4.69) is 10.3 Å². The molecule has 0 saturated carbocycles. The largest absolute Gasteiger partial charge is 0.497 e. The lowest BCUT2D eigenvalue weighted by Gasteiger charge is -2.15. The van der Waals surface area contributed by atoms with Gasteiger partial charge in [-0.3, -0.25) is 14.2 Å². The van der Waals surface area contributed by atoms with Crippen LogP contribution in [-0.2, 0) is 4.79 Å². The fourth-order valence-electron chi connectivity index (χ4n) is 2.56. The lowest BCUT2D eigenvalue weighted by molar-refractivity contribution is -0.116. The van der Waals surface area contributed by atoms with Crippen LogP contribution in [0, 0.1) is 0 Å². The molecule has 3 rings (SSSR count). The van der Waals surface area contributed by atoms with E-state index in [1.807, 2.05) is 0 Å². The van der Waals surface area contributed by atoms with Crippen LogP contribution in [0.1, 0.15) is 12.5 Å². The van der Waals surface area contributed by atoms with Crippen LogP contribution in [0.15, 0.2) is 40.4 Å². The summed E-state index contributed by atoms with van der Waals surface area (Å²) in [7, 11) is 3.09. The smallest absolute Gasteiger partial charge is 0.254 e. The molecular formula is C16H17N3O4S. The van der Waals surface area contributed by atoms with E-state index in [1.165, 1.54) is 31.1 Å². The number of benzene rings is 1. The summed E-state index contributed by atoms with van der Waals surface area (Å²) in [6.07, 6.45) is 1.69. The Labute approximate surface area is 143 Å². The van der Waals surface area contributed by atoms with Gasteiger partial charge in [-0.1, -0.05) is 11.8 Å².